The average Bonchev–Trinajstić information content (AvgIpc) is 3.15. The number of halogens is 6. The molecule has 16 heteroatoms. The van der Waals surface area contributed by atoms with Crippen molar-refractivity contribution in [1.82, 2.24) is 20.4 Å². The van der Waals surface area contributed by atoms with Gasteiger partial charge in [-0.25, -0.2) is 0 Å². The van der Waals surface area contributed by atoms with Crippen molar-refractivity contribution >= 4 is 29.5 Å². The SMILES string of the molecule is CC(C)(C)[C@H](NC(=O)C(F)(F)F)C(=O)N1C[C@H]2[C@@H]([C@H]1C(=O)N[C@H](C#N)C[C@@H]1CCN(C(=O)C(F)(F)F)C1=O)C2(C)C. The molecule has 0 aromatic rings. The second kappa shape index (κ2) is 10.5. The number of nitrogens with one attached hydrogen (secondary N) is 2. The van der Waals surface area contributed by atoms with Gasteiger partial charge in [0, 0.05) is 19.0 Å². The molecule has 0 spiro atoms. The van der Waals surface area contributed by atoms with Crippen LogP contribution in [0.4, 0.5) is 26.3 Å². The van der Waals surface area contributed by atoms with Crippen LogP contribution in [0.5, 0.6) is 0 Å². The highest BCUT2D eigenvalue weighted by atomic mass is 19.4. The Bertz CT molecular complexity index is 1170. The van der Waals surface area contributed by atoms with Crippen molar-refractivity contribution in [1.29, 1.82) is 5.26 Å². The van der Waals surface area contributed by atoms with Gasteiger partial charge >= 0.3 is 24.2 Å². The summed E-state index contributed by atoms with van der Waals surface area (Å²) in [6.45, 7) is 7.51. The third kappa shape index (κ3) is 6.28. The van der Waals surface area contributed by atoms with Gasteiger partial charge < -0.3 is 15.5 Å². The lowest BCUT2D eigenvalue weighted by Gasteiger charge is -2.37. The standard InChI is InChI=1S/C25H31F6N5O5/c1-22(2,3)16(34-20(40)24(26,27)28)19(39)36-10-13-14(23(13,4)5)15(36)17(37)33-12(9-32)8-11-6-7-35(18(11)38)21(41)25(29,30)31/h11-16H,6-8,10H2,1-5H3,(H,33,37)(H,34,40)/t11-,12-,13-,14-,15-,16+/m0/s1. The van der Waals surface area contributed by atoms with E-state index in [0.717, 1.165) is 4.90 Å². The molecular weight excluding hydrogens is 564 g/mol. The van der Waals surface area contributed by atoms with E-state index in [9.17, 15) is 55.6 Å². The summed E-state index contributed by atoms with van der Waals surface area (Å²) >= 11 is 0. The zero-order valence-corrected chi connectivity index (χ0v) is 22.9. The molecule has 5 amide bonds. The van der Waals surface area contributed by atoms with Gasteiger partial charge in [-0.3, -0.25) is 28.9 Å². The molecular formula is C25H31F6N5O5. The Morgan fingerprint density at radius 1 is 1.05 bits per heavy atom. The molecule has 0 aromatic carbocycles. The summed E-state index contributed by atoms with van der Waals surface area (Å²) in [5.74, 6) is -9.28. The van der Waals surface area contributed by atoms with Crippen LogP contribution in [0.25, 0.3) is 0 Å². The first-order valence-electron chi connectivity index (χ1n) is 12.8. The van der Waals surface area contributed by atoms with Crippen molar-refractivity contribution in [2.45, 2.75) is 77.9 Å². The molecule has 0 aromatic heterocycles. The van der Waals surface area contributed by atoms with E-state index in [2.05, 4.69) is 5.32 Å². The average molecular weight is 596 g/mol. The number of nitriles is 1. The summed E-state index contributed by atoms with van der Waals surface area (Å²) in [5, 5.41) is 13.8. The van der Waals surface area contributed by atoms with Crippen LogP contribution in [0.1, 0.15) is 47.5 Å². The van der Waals surface area contributed by atoms with Gasteiger partial charge in [-0.05, 0) is 35.5 Å². The van der Waals surface area contributed by atoms with E-state index in [1.807, 2.05) is 13.8 Å². The zero-order valence-electron chi connectivity index (χ0n) is 22.9. The van der Waals surface area contributed by atoms with Crippen molar-refractivity contribution in [3.05, 3.63) is 0 Å². The van der Waals surface area contributed by atoms with Gasteiger partial charge in [-0.2, -0.15) is 31.6 Å². The fourth-order valence-electron chi connectivity index (χ4n) is 5.84. The highest BCUT2D eigenvalue weighted by Gasteiger charge is 2.70. The summed E-state index contributed by atoms with van der Waals surface area (Å²) in [5.41, 5.74) is -1.60. The van der Waals surface area contributed by atoms with Crippen molar-refractivity contribution in [3.63, 3.8) is 0 Å². The second-order valence-corrected chi connectivity index (χ2v) is 12.4. The normalized spacial score (nSPS) is 27.0. The molecule has 10 nitrogen and oxygen atoms in total. The van der Waals surface area contributed by atoms with Crippen LogP contribution in [0.3, 0.4) is 0 Å². The fourth-order valence-corrected chi connectivity index (χ4v) is 5.84. The lowest BCUT2D eigenvalue weighted by molar-refractivity contribution is -0.186. The molecule has 1 aliphatic carbocycles. The molecule has 2 aliphatic heterocycles. The highest BCUT2D eigenvalue weighted by Crippen LogP contribution is 2.65. The molecule has 2 saturated heterocycles. The molecule has 0 bridgehead atoms. The zero-order chi connectivity index (χ0) is 31.5. The second-order valence-electron chi connectivity index (χ2n) is 12.4. The first kappa shape index (κ1) is 32.1. The van der Waals surface area contributed by atoms with Gasteiger partial charge in [0.1, 0.15) is 18.1 Å². The Labute approximate surface area is 231 Å². The third-order valence-corrected chi connectivity index (χ3v) is 8.20. The number of carbonyl (C=O) groups excluding carboxylic acids is 5. The predicted octanol–water partition coefficient (Wildman–Crippen LogP) is 1.90. The first-order valence-corrected chi connectivity index (χ1v) is 12.8. The molecule has 41 heavy (non-hydrogen) atoms. The van der Waals surface area contributed by atoms with Gasteiger partial charge in [-0.15, -0.1) is 0 Å². The van der Waals surface area contributed by atoms with Crippen molar-refractivity contribution in [2.24, 2.45) is 28.6 Å². The van der Waals surface area contributed by atoms with E-state index in [0.29, 0.717) is 0 Å². The summed E-state index contributed by atoms with van der Waals surface area (Å²) < 4.78 is 77.3. The molecule has 1 saturated carbocycles. The summed E-state index contributed by atoms with van der Waals surface area (Å²) in [6, 6.07) is -2.47. The Morgan fingerprint density at radius 2 is 1.63 bits per heavy atom. The number of hydrogen-bond acceptors (Lipinski definition) is 6. The smallest absolute Gasteiger partial charge is 0.339 e. The van der Waals surface area contributed by atoms with Gasteiger partial charge in [0.2, 0.25) is 17.7 Å². The number of piperidine rings is 1. The Hall–Kier alpha value is -3.38. The molecule has 0 unspecified atom stereocenters. The highest BCUT2D eigenvalue weighted by molar-refractivity contribution is 6.00. The number of fused-ring (bicyclic) bond motifs is 1. The van der Waals surface area contributed by atoms with Crippen LogP contribution in [-0.2, 0) is 24.0 Å². The fraction of sp³-hybridized carbons (Fsp3) is 0.760. The van der Waals surface area contributed by atoms with E-state index in [1.54, 1.807) is 11.4 Å². The van der Waals surface area contributed by atoms with Crippen LogP contribution >= 0.6 is 0 Å². The quantitative estimate of drug-likeness (QED) is 0.450. The van der Waals surface area contributed by atoms with Gasteiger partial charge in [0.15, 0.2) is 0 Å². The van der Waals surface area contributed by atoms with Crippen LogP contribution in [0.2, 0.25) is 0 Å². The van der Waals surface area contributed by atoms with E-state index in [4.69, 9.17) is 0 Å². The number of carbonyl (C=O) groups is 5. The maximum Gasteiger partial charge on any atom is 0.471 e. The van der Waals surface area contributed by atoms with E-state index in [-0.39, 0.29) is 23.8 Å². The molecule has 3 rings (SSSR count). The van der Waals surface area contributed by atoms with Crippen molar-refractivity contribution < 1.29 is 50.3 Å². The monoisotopic (exact) mass is 595 g/mol. The van der Waals surface area contributed by atoms with Crippen LogP contribution in [0, 0.1) is 39.9 Å². The number of nitrogens with zero attached hydrogens (tertiary/aromatic N) is 3. The molecule has 2 N–H and O–H groups in total. The lowest BCUT2D eigenvalue weighted by atomic mass is 9.85. The molecule has 6 atom stereocenters. The number of hydrogen-bond donors (Lipinski definition) is 2. The minimum Gasteiger partial charge on any atom is -0.339 e. The number of amides is 5. The number of likely N-dealkylation sites (tertiary alicyclic amines) is 2. The topological polar surface area (TPSA) is 140 Å². The van der Waals surface area contributed by atoms with Gasteiger partial charge in [-0.1, -0.05) is 34.6 Å². The van der Waals surface area contributed by atoms with Crippen LogP contribution < -0.4 is 10.6 Å². The Kier molecular flexibility index (Phi) is 8.21. The maximum absolute atomic E-state index is 13.5. The van der Waals surface area contributed by atoms with Gasteiger partial charge in [0.25, 0.3) is 0 Å². The van der Waals surface area contributed by atoms with Crippen molar-refractivity contribution in [2.75, 3.05) is 13.1 Å². The maximum atomic E-state index is 13.5. The molecule has 3 aliphatic rings. The first-order chi connectivity index (χ1) is 18.5. The summed E-state index contributed by atoms with van der Waals surface area (Å²) in [4.78, 5) is 63.7. The Morgan fingerprint density at radius 3 is 2.12 bits per heavy atom. The predicted molar refractivity (Wildman–Crippen MR) is 127 cm³/mol. The molecule has 228 valence electrons. The van der Waals surface area contributed by atoms with Crippen LogP contribution in [-0.4, -0.2) is 82.9 Å². The third-order valence-electron chi connectivity index (χ3n) is 8.20. The van der Waals surface area contributed by atoms with Crippen molar-refractivity contribution in [3.8, 4) is 6.07 Å². The molecule has 3 fully saturated rings. The largest absolute Gasteiger partial charge is 0.471 e. The minimum atomic E-state index is -5.26. The Balaban J connectivity index is 1.78. The number of imide groups is 1. The summed E-state index contributed by atoms with van der Waals surface area (Å²) in [7, 11) is 0. The van der Waals surface area contributed by atoms with Gasteiger partial charge in [0.05, 0.1) is 6.07 Å². The van der Waals surface area contributed by atoms with Crippen LogP contribution in [0.15, 0.2) is 0 Å². The minimum absolute atomic E-state index is 0.00982. The van der Waals surface area contributed by atoms with E-state index in [1.165, 1.54) is 20.8 Å². The number of alkyl halides is 6. The number of rotatable bonds is 6. The molecule has 0 radical (unpaired) electrons. The lowest BCUT2D eigenvalue weighted by Crippen LogP contribution is -2.61. The van der Waals surface area contributed by atoms with E-state index >= 15 is 0 Å². The van der Waals surface area contributed by atoms with E-state index < -0.39 is 95.6 Å². The summed E-state index contributed by atoms with van der Waals surface area (Å²) in [6.07, 6.45) is -11.1. The molecule has 2 heterocycles.